The van der Waals surface area contributed by atoms with Crippen LogP contribution in [-0.4, -0.2) is 10.8 Å². The molecule has 0 aliphatic carbocycles. The first kappa shape index (κ1) is 13.7. The molecule has 0 aromatic heterocycles. The monoisotopic (exact) mass is 294 g/mol. The fourth-order valence-electron chi connectivity index (χ4n) is 1.56. The molecule has 5 heteroatoms. The molecule has 2 aromatic carbocycles. The van der Waals surface area contributed by atoms with Crippen LogP contribution in [0.3, 0.4) is 0 Å². The van der Waals surface area contributed by atoms with E-state index in [0.717, 1.165) is 5.69 Å². The van der Waals surface area contributed by atoms with Crippen LogP contribution >= 0.6 is 23.2 Å². The van der Waals surface area contributed by atoms with Crippen molar-refractivity contribution in [2.24, 2.45) is 5.10 Å². The maximum Gasteiger partial charge on any atom is 0.143 e. The van der Waals surface area contributed by atoms with Gasteiger partial charge in [0.2, 0.25) is 0 Å². The summed E-state index contributed by atoms with van der Waals surface area (Å²) in [5.74, 6) is -0.0258. The van der Waals surface area contributed by atoms with Crippen LogP contribution in [0.4, 0.5) is 5.69 Å². The van der Waals surface area contributed by atoms with Crippen LogP contribution in [0.25, 0.3) is 0 Å². The summed E-state index contributed by atoms with van der Waals surface area (Å²) >= 11 is 11.8. The summed E-state index contributed by atoms with van der Waals surface area (Å²) in [6.45, 7) is 1.76. The van der Waals surface area contributed by atoms with E-state index in [4.69, 9.17) is 23.2 Å². The summed E-state index contributed by atoms with van der Waals surface area (Å²) in [6, 6.07) is 12.6. The van der Waals surface area contributed by atoms with Crippen molar-refractivity contribution in [2.45, 2.75) is 6.92 Å². The van der Waals surface area contributed by atoms with Gasteiger partial charge in [0.15, 0.2) is 0 Å². The Balaban J connectivity index is 2.27. The van der Waals surface area contributed by atoms with Crippen LogP contribution in [0.1, 0.15) is 12.5 Å². The minimum Gasteiger partial charge on any atom is -0.506 e. The minimum absolute atomic E-state index is 0.0258. The third-order valence-corrected chi connectivity index (χ3v) is 3.05. The number of phenolic OH excluding ortho intramolecular Hbond substituents is 1. The molecule has 2 rings (SSSR count). The van der Waals surface area contributed by atoms with Gasteiger partial charge in [0.05, 0.1) is 16.4 Å². The molecule has 0 heterocycles. The first-order valence-electron chi connectivity index (χ1n) is 5.61. The number of hydrazone groups is 1. The number of phenols is 1. The normalized spacial score (nSPS) is 11.4. The molecule has 3 nitrogen and oxygen atoms in total. The number of aromatic hydroxyl groups is 1. The molecule has 0 aliphatic rings. The van der Waals surface area contributed by atoms with E-state index in [1.165, 1.54) is 6.07 Å². The van der Waals surface area contributed by atoms with E-state index < -0.39 is 0 Å². The maximum atomic E-state index is 9.89. The molecule has 0 fully saturated rings. The lowest BCUT2D eigenvalue weighted by Gasteiger charge is -2.07. The molecular weight excluding hydrogens is 283 g/mol. The summed E-state index contributed by atoms with van der Waals surface area (Å²) in [5, 5.41) is 14.7. The van der Waals surface area contributed by atoms with Gasteiger partial charge in [-0.15, -0.1) is 0 Å². The van der Waals surface area contributed by atoms with E-state index in [2.05, 4.69) is 10.5 Å². The van der Waals surface area contributed by atoms with E-state index >= 15 is 0 Å². The Morgan fingerprint density at radius 2 is 1.84 bits per heavy atom. The molecular formula is C14H12Cl2N2O. The van der Waals surface area contributed by atoms with Gasteiger partial charge in [-0.1, -0.05) is 41.4 Å². The fourth-order valence-corrected chi connectivity index (χ4v) is 2.06. The highest BCUT2D eigenvalue weighted by Gasteiger charge is 2.10. The van der Waals surface area contributed by atoms with Crippen LogP contribution in [-0.2, 0) is 0 Å². The number of nitrogens with zero attached hydrogens (tertiary/aromatic N) is 1. The Bertz CT molecular complexity index is 612. The maximum absolute atomic E-state index is 9.89. The lowest BCUT2D eigenvalue weighted by molar-refractivity contribution is 0.474. The lowest BCUT2D eigenvalue weighted by Crippen LogP contribution is -2.00. The predicted molar refractivity (Wildman–Crippen MR) is 80.4 cm³/mol. The molecule has 0 radical (unpaired) electrons. The SMILES string of the molecule is CC(=NNc1ccccc1)c1cc(Cl)cc(Cl)c1O. The molecule has 98 valence electrons. The van der Waals surface area contributed by atoms with Crippen molar-refractivity contribution in [1.82, 2.24) is 0 Å². The molecule has 0 spiro atoms. The van der Waals surface area contributed by atoms with Gasteiger partial charge in [-0.25, -0.2) is 0 Å². The predicted octanol–water partition coefficient (Wildman–Crippen LogP) is 4.54. The molecule has 0 saturated carbocycles. The number of hydrogen-bond donors (Lipinski definition) is 2. The van der Waals surface area contributed by atoms with Crippen molar-refractivity contribution < 1.29 is 5.11 Å². The average Bonchev–Trinajstić information content (AvgIpc) is 2.41. The van der Waals surface area contributed by atoms with E-state index in [-0.39, 0.29) is 10.8 Å². The molecule has 0 amide bonds. The quantitative estimate of drug-likeness (QED) is 0.645. The first-order valence-corrected chi connectivity index (χ1v) is 6.37. The van der Waals surface area contributed by atoms with Gasteiger partial charge in [0.25, 0.3) is 0 Å². The highest BCUT2D eigenvalue weighted by Crippen LogP contribution is 2.31. The molecule has 2 aromatic rings. The van der Waals surface area contributed by atoms with E-state index in [1.807, 2.05) is 30.3 Å². The van der Waals surface area contributed by atoms with Gasteiger partial charge in [0, 0.05) is 10.6 Å². The summed E-state index contributed by atoms with van der Waals surface area (Å²) in [5.41, 5.74) is 4.85. The van der Waals surface area contributed by atoms with Gasteiger partial charge in [-0.2, -0.15) is 5.10 Å². The third-order valence-electron chi connectivity index (χ3n) is 2.54. The van der Waals surface area contributed by atoms with Gasteiger partial charge in [-0.05, 0) is 31.2 Å². The topological polar surface area (TPSA) is 44.6 Å². The molecule has 2 N–H and O–H groups in total. The van der Waals surface area contributed by atoms with Crippen molar-refractivity contribution in [3.63, 3.8) is 0 Å². The van der Waals surface area contributed by atoms with Crippen LogP contribution in [0, 0.1) is 0 Å². The summed E-state index contributed by atoms with van der Waals surface area (Å²) < 4.78 is 0. The zero-order valence-electron chi connectivity index (χ0n) is 10.2. The molecule has 0 saturated heterocycles. The van der Waals surface area contributed by atoms with Crippen molar-refractivity contribution in [3.8, 4) is 5.75 Å². The Morgan fingerprint density at radius 1 is 1.16 bits per heavy atom. The third kappa shape index (κ3) is 3.40. The molecule has 19 heavy (non-hydrogen) atoms. The van der Waals surface area contributed by atoms with Crippen molar-refractivity contribution >= 4 is 34.6 Å². The minimum atomic E-state index is -0.0258. The number of halogens is 2. The number of anilines is 1. The van der Waals surface area contributed by atoms with Crippen LogP contribution in [0.15, 0.2) is 47.6 Å². The number of nitrogens with one attached hydrogen (secondary N) is 1. The van der Waals surface area contributed by atoms with Crippen LogP contribution in [0.2, 0.25) is 10.0 Å². The molecule has 0 unspecified atom stereocenters. The van der Waals surface area contributed by atoms with E-state index in [1.54, 1.807) is 13.0 Å². The van der Waals surface area contributed by atoms with Gasteiger partial charge in [-0.3, -0.25) is 5.43 Å². The number of benzene rings is 2. The molecule has 0 bridgehead atoms. The number of hydrogen-bond acceptors (Lipinski definition) is 3. The standard InChI is InChI=1S/C14H12Cl2N2O/c1-9(17-18-11-5-3-2-4-6-11)12-7-10(15)8-13(16)14(12)19/h2-8,18-19H,1H3. The Kier molecular flexibility index (Phi) is 4.30. The number of rotatable bonds is 3. The van der Waals surface area contributed by atoms with Crippen molar-refractivity contribution in [2.75, 3.05) is 5.43 Å². The second-order valence-corrected chi connectivity index (χ2v) is 4.80. The van der Waals surface area contributed by atoms with Gasteiger partial charge >= 0.3 is 0 Å². The van der Waals surface area contributed by atoms with Crippen molar-refractivity contribution in [3.05, 3.63) is 58.1 Å². The highest BCUT2D eigenvalue weighted by molar-refractivity contribution is 6.36. The lowest BCUT2D eigenvalue weighted by atomic mass is 10.1. The fraction of sp³-hybridized carbons (Fsp3) is 0.0714. The Hall–Kier alpha value is -1.71. The van der Waals surface area contributed by atoms with Crippen LogP contribution < -0.4 is 5.43 Å². The van der Waals surface area contributed by atoms with Gasteiger partial charge in [0.1, 0.15) is 5.75 Å². The summed E-state index contributed by atoms with van der Waals surface area (Å²) in [6.07, 6.45) is 0. The Morgan fingerprint density at radius 3 is 2.53 bits per heavy atom. The second kappa shape index (κ2) is 5.95. The zero-order chi connectivity index (χ0) is 13.8. The average molecular weight is 295 g/mol. The second-order valence-electron chi connectivity index (χ2n) is 3.96. The number of para-hydroxylation sites is 1. The first-order chi connectivity index (χ1) is 9.08. The smallest absolute Gasteiger partial charge is 0.143 e. The van der Waals surface area contributed by atoms with Gasteiger partial charge < -0.3 is 5.11 Å². The summed E-state index contributed by atoms with van der Waals surface area (Å²) in [4.78, 5) is 0. The Labute approximate surface area is 121 Å². The van der Waals surface area contributed by atoms with E-state index in [9.17, 15) is 5.11 Å². The van der Waals surface area contributed by atoms with Crippen molar-refractivity contribution in [1.29, 1.82) is 0 Å². The van der Waals surface area contributed by atoms with Crippen LogP contribution in [0.5, 0.6) is 5.75 Å². The zero-order valence-corrected chi connectivity index (χ0v) is 11.7. The largest absolute Gasteiger partial charge is 0.506 e. The van der Waals surface area contributed by atoms with E-state index in [0.29, 0.717) is 16.3 Å². The highest BCUT2D eigenvalue weighted by atomic mass is 35.5. The molecule has 0 atom stereocenters. The molecule has 0 aliphatic heterocycles. The summed E-state index contributed by atoms with van der Waals surface area (Å²) in [7, 11) is 0.